The van der Waals surface area contributed by atoms with Gasteiger partial charge in [-0.05, 0) is 49.7 Å². The second kappa shape index (κ2) is 11.6. The van der Waals surface area contributed by atoms with Gasteiger partial charge in [0.25, 0.3) is 11.8 Å². The number of pyridine rings is 1. The maximum atomic E-state index is 12.3. The summed E-state index contributed by atoms with van der Waals surface area (Å²) in [6.45, 7) is 4.35. The van der Waals surface area contributed by atoms with Crippen molar-refractivity contribution < 1.29 is 19.9 Å². The average Bonchev–Trinajstić information content (AvgIpc) is 2.76. The van der Waals surface area contributed by atoms with Crippen LogP contribution in [0.5, 0.6) is 0 Å². The predicted molar refractivity (Wildman–Crippen MR) is 113 cm³/mol. The molecule has 1 heterocycles. The zero-order valence-electron chi connectivity index (χ0n) is 17.0. The summed E-state index contributed by atoms with van der Waals surface area (Å²) >= 11 is 0. The number of anilines is 1. The number of carbonyl (C=O) groups is 2. The Kier molecular flexibility index (Phi) is 8.81. The quantitative estimate of drug-likeness (QED) is 0.195. The summed E-state index contributed by atoms with van der Waals surface area (Å²) in [4.78, 5) is 28.1. The number of aromatic nitrogens is 1. The number of hydroxylamine groups is 1. The molecule has 1 aromatic carbocycles. The molecule has 8 nitrogen and oxygen atoms in total. The topological polar surface area (TPSA) is 124 Å². The van der Waals surface area contributed by atoms with E-state index in [1.807, 2.05) is 12.1 Å². The Morgan fingerprint density at radius 3 is 2.33 bits per heavy atom. The lowest BCUT2D eigenvalue weighted by Crippen LogP contribution is -2.51. The van der Waals surface area contributed by atoms with Crippen molar-refractivity contribution >= 4 is 17.6 Å². The minimum absolute atomic E-state index is 0.293. The van der Waals surface area contributed by atoms with Crippen LogP contribution in [0.15, 0.2) is 42.6 Å². The molecule has 0 saturated heterocycles. The molecule has 2 rings (SSSR count). The molecular formula is C22H26N4O4. The highest BCUT2D eigenvalue weighted by Gasteiger charge is 2.25. The molecule has 158 valence electrons. The first-order valence-corrected chi connectivity index (χ1v) is 9.69. The Hall–Kier alpha value is -3.41. The third kappa shape index (κ3) is 6.88. The van der Waals surface area contributed by atoms with Crippen molar-refractivity contribution in [1.29, 1.82) is 0 Å². The molecule has 0 saturated carbocycles. The van der Waals surface area contributed by atoms with Crippen LogP contribution in [0.1, 0.15) is 48.2 Å². The smallest absolute Gasteiger partial charge is 0.268 e. The van der Waals surface area contributed by atoms with Gasteiger partial charge in [0.15, 0.2) is 0 Å². The van der Waals surface area contributed by atoms with Gasteiger partial charge in [0, 0.05) is 29.4 Å². The molecule has 8 heteroatoms. The molecule has 0 aliphatic rings. The van der Waals surface area contributed by atoms with Crippen LogP contribution in [0, 0.1) is 11.8 Å². The van der Waals surface area contributed by atoms with Crippen LogP contribution in [0.4, 0.5) is 5.82 Å². The highest BCUT2D eigenvalue weighted by Crippen LogP contribution is 2.07. The summed E-state index contributed by atoms with van der Waals surface area (Å²) in [5.41, 5.74) is 3.19. The first kappa shape index (κ1) is 22.9. The van der Waals surface area contributed by atoms with E-state index in [-0.39, 0.29) is 0 Å². The van der Waals surface area contributed by atoms with Crippen molar-refractivity contribution in [2.24, 2.45) is 0 Å². The summed E-state index contributed by atoms with van der Waals surface area (Å²) in [6.07, 6.45) is 2.74. The molecule has 1 aromatic heterocycles. The van der Waals surface area contributed by atoms with Gasteiger partial charge in [-0.25, -0.2) is 10.5 Å². The minimum Gasteiger partial charge on any atom is -0.391 e. The van der Waals surface area contributed by atoms with Crippen LogP contribution in [0.3, 0.4) is 0 Å². The van der Waals surface area contributed by atoms with Gasteiger partial charge in [0.1, 0.15) is 11.9 Å². The number of hydrogen-bond acceptors (Lipinski definition) is 6. The van der Waals surface area contributed by atoms with Crippen molar-refractivity contribution in [2.75, 3.05) is 11.9 Å². The van der Waals surface area contributed by atoms with E-state index in [4.69, 9.17) is 5.21 Å². The van der Waals surface area contributed by atoms with Crippen molar-refractivity contribution in [3.63, 3.8) is 0 Å². The Morgan fingerprint density at radius 1 is 1.10 bits per heavy atom. The lowest BCUT2D eigenvalue weighted by atomic mass is 10.1. The number of nitrogens with zero attached hydrogens (tertiary/aromatic N) is 1. The first-order chi connectivity index (χ1) is 14.4. The van der Waals surface area contributed by atoms with Gasteiger partial charge in [0.2, 0.25) is 0 Å². The summed E-state index contributed by atoms with van der Waals surface area (Å²) < 4.78 is 0. The predicted octanol–water partition coefficient (Wildman–Crippen LogP) is 1.68. The van der Waals surface area contributed by atoms with E-state index in [0.29, 0.717) is 11.1 Å². The molecule has 2 unspecified atom stereocenters. The van der Waals surface area contributed by atoms with Crippen LogP contribution < -0.4 is 16.1 Å². The second-order valence-electron chi connectivity index (χ2n) is 6.71. The molecule has 0 bridgehead atoms. The molecule has 0 radical (unpaired) electrons. The SMILES string of the molecule is CCCCNc1ccc(C#Cc2ccc(C(=O)NC(C(=O)NO)C(C)O)cc2)cn1. The van der Waals surface area contributed by atoms with Crippen molar-refractivity contribution in [3.05, 3.63) is 59.3 Å². The molecule has 2 amide bonds. The van der Waals surface area contributed by atoms with Crippen LogP contribution in [-0.4, -0.2) is 45.8 Å². The van der Waals surface area contributed by atoms with Crippen LogP contribution >= 0.6 is 0 Å². The van der Waals surface area contributed by atoms with Crippen LogP contribution in [0.25, 0.3) is 0 Å². The van der Waals surface area contributed by atoms with Gasteiger partial charge >= 0.3 is 0 Å². The molecule has 2 aromatic rings. The van der Waals surface area contributed by atoms with Gasteiger partial charge in [-0.2, -0.15) is 0 Å². The average molecular weight is 410 g/mol. The Bertz CT molecular complexity index is 899. The minimum atomic E-state index is -1.27. The van der Waals surface area contributed by atoms with Gasteiger partial charge in [0.05, 0.1) is 6.10 Å². The number of unbranched alkanes of at least 4 members (excludes halogenated alkanes) is 1. The summed E-state index contributed by atoms with van der Waals surface area (Å²) in [7, 11) is 0. The van der Waals surface area contributed by atoms with Gasteiger partial charge in [-0.15, -0.1) is 0 Å². The Balaban J connectivity index is 1.99. The lowest BCUT2D eigenvalue weighted by molar-refractivity contribution is -0.133. The lowest BCUT2D eigenvalue weighted by Gasteiger charge is -2.19. The third-order valence-corrected chi connectivity index (χ3v) is 4.26. The van der Waals surface area contributed by atoms with Gasteiger partial charge < -0.3 is 15.7 Å². The molecular weight excluding hydrogens is 384 g/mol. The number of carbonyl (C=O) groups excluding carboxylic acids is 2. The van der Waals surface area contributed by atoms with Crippen LogP contribution in [0.2, 0.25) is 0 Å². The van der Waals surface area contributed by atoms with E-state index in [9.17, 15) is 14.7 Å². The van der Waals surface area contributed by atoms with Gasteiger partial charge in [-0.1, -0.05) is 25.2 Å². The molecule has 5 N–H and O–H groups in total. The number of aliphatic hydroxyl groups excluding tert-OH is 1. The maximum Gasteiger partial charge on any atom is 0.268 e. The number of amides is 2. The summed E-state index contributed by atoms with van der Waals surface area (Å²) in [5, 5.41) is 23.9. The molecule has 0 aliphatic heterocycles. The zero-order chi connectivity index (χ0) is 21.9. The molecule has 2 atom stereocenters. The number of hydrogen-bond donors (Lipinski definition) is 5. The summed E-state index contributed by atoms with van der Waals surface area (Å²) in [5.74, 6) is 5.38. The highest BCUT2D eigenvalue weighted by atomic mass is 16.5. The van der Waals surface area contributed by atoms with Crippen LogP contribution in [-0.2, 0) is 4.79 Å². The fourth-order valence-corrected chi connectivity index (χ4v) is 2.51. The Morgan fingerprint density at radius 2 is 1.77 bits per heavy atom. The molecule has 0 fully saturated rings. The van der Waals surface area contributed by atoms with Crippen molar-refractivity contribution in [1.82, 2.24) is 15.8 Å². The van der Waals surface area contributed by atoms with E-state index in [0.717, 1.165) is 30.8 Å². The van der Waals surface area contributed by atoms with E-state index in [1.165, 1.54) is 12.4 Å². The highest BCUT2D eigenvalue weighted by molar-refractivity contribution is 5.97. The van der Waals surface area contributed by atoms with E-state index in [2.05, 4.69) is 34.4 Å². The Labute approximate surface area is 175 Å². The van der Waals surface area contributed by atoms with Gasteiger partial charge in [-0.3, -0.25) is 14.8 Å². The van der Waals surface area contributed by atoms with E-state index < -0.39 is 24.0 Å². The normalized spacial score (nSPS) is 12.1. The number of rotatable bonds is 8. The zero-order valence-corrected chi connectivity index (χ0v) is 17.0. The molecule has 30 heavy (non-hydrogen) atoms. The van der Waals surface area contributed by atoms with Crippen molar-refractivity contribution in [3.8, 4) is 11.8 Å². The second-order valence-corrected chi connectivity index (χ2v) is 6.71. The molecule has 0 spiro atoms. The maximum absolute atomic E-state index is 12.3. The van der Waals surface area contributed by atoms with E-state index >= 15 is 0 Å². The third-order valence-electron chi connectivity index (χ3n) is 4.26. The first-order valence-electron chi connectivity index (χ1n) is 9.69. The summed E-state index contributed by atoms with van der Waals surface area (Å²) in [6, 6.07) is 8.99. The standard InChI is InChI=1S/C22H26N4O4/c1-3-4-13-23-19-12-9-17(14-24-19)6-5-16-7-10-18(11-8-16)21(28)25-20(15(2)27)22(29)26-30/h7-12,14-15,20,27,30H,3-4,13H2,1-2H3,(H,23,24)(H,25,28)(H,26,29). The molecule has 0 aliphatic carbocycles. The van der Waals surface area contributed by atoms with E-state index in [1.54, 1.807) is 30.5 Å². The fraction of sp³-hybridized carbons (Fsp3) is 0.318. The number of benzene rings is 1. The largest absolute Gasteiger partial charge is 0.391 e. The van der Waals surface area contributed by atoms with Crippen molar-refractivity contribution in [2.45, 2.75) is 38.8 Å². The fourth-order valence-electron chi connectivity index (χ4n) is 2.51. The number of nitrogens with one attached hydrogen (secondary N) is 3. The number of aliphatic hydroxyl groups is 1. The monoisotopic (exact) mass is 410 g/mol.